The number of halogens is 1. The first-order valence-electron chi connectivity index (χ1n) is 6.60. The van der Waals surface area contributed by atoms with Gasteiger partial charge in [0.1, 0.15) is 11.4 Å². The molecule has 0 amide bonds. The standard InChI is InChI=1S/C16H12FNO5/c1-10-5-4-7-12(15(10)18(21)22)16(20)23-9-14(19)11-6-2-3-8-13(11)17/h2-8H,9H2,1H3. The molecule has 118 valence electrons. The molecule has 2 rings (SSSR count). The van der Waals surface area contributed by atoms with E-state index in [4.69, 9.17) is 4.74 Å². The summed E-state index contributed by atoms with van der Waals surface area (Å²) in [4.78, 5) is 34.1. The number of carbonyl (C=O) groups excluding carboxylic acids is 2. The molecule has 0 atom stereocenters. The lowest BCUT2D eigenvalue weighted by Crippen LogP contribution is -2.16. The van der Waals surface area contributed by atoms with E-state index in [0.717, 1.165) is 6.07 Å². The molecule has 0 unspecified atom stereocenters. The summed E-state index contributed by atoms with van der Waals surface area (Å²) in [5.74, 6) is -2.47. The smallest absolute Gasteiger partial charge is 0.345 e. The Hall–Kier alpha value is -3.09. The van der Waals surface area contributed by atoms with E-state index in [9.17, 15) is 24.1 Å². The largest absolute Gasteiger partial charge is 0.454 e. The normalized spacial score (nSPS) is 10.2. The lowest BCUT2D eigenvalue weighted by molar-refractivity contribution is -0.385. The molecular formula is C16H12FNO5. The van der Waals surface area contributed by atoms with Crippen LogP contribution >= 0.6 is 0 Å². The van der Waals surface area contributed by atoms with Crippen molar-refractivity contribution in [2.75, 3.05) is 6.61 Å². The average molecular weight is 317 g/mol. The van der Waals surface area contributed by atoms with Gasteiger partial charge in [0, 0.05) is 5.56 Å². The summed E-state index contributed by atoms with van der Waals surface area (Å²) in [6.45, 7) is 0.782. The van der Waals surface area contributed by atoms with Gasteiger partial charge in [0.15, 0.2) is 6.61 Å². The Bertz CT molecular complexity index is 788. The van der Waals surface area contributed by atoms with Crippen molar-refractivity contribution in [2.45, 2.75) is 6.92 Å². The van der Waals surface area contributed by atoms with Crippen molar-refractivity contribution in [3.8, 4) is 0 Å². The van der Waals surface area contributed by atoms with Crippen molar-refractivity contribution >= 4 is 17.4 Å². The van der Waals surface area contributed by atoms with Gasteiger partial charge in [0.2, 0.25) is 5.78 Å². The van der Waals surface area contributed by atoms with E-state index in [1.807, 2.05) is 0 Å². The first-order chi connectivity index (χ1) is 10.9. The molecule has 2 aromatic carbocycles. The second-order valence-electron chi connectivity index (χ2n) is 4.71. The topological polar surface area (TPSA) is 86.5 Å². The molecule has 23 heavy (non-hydrogen) atoms. The molecule has 0 saturated heterocycles. The van der Waals surface area contributed by atoms with Crippen LogP contribution in [0.3, 0.4) is 0 Å². The van der Waals surface area contributed by atoms with Crippen LogP contribution in [-0.4, -0.2) is 23.3 Å². The molecular weight excluding hydrogens is 305 g/mol. The van der Waals surface area contributed by atoms with E-state index in [-0.39, 0.29) is 16.8 Å². The number of aryl methyl sites for hydroxylation is 1. The monoisotopic (exact) mass is 317 g/mol. The molecule has 0 spiro atoms. The van der Waals surface area contributed by atoms with Crippen molar-refractivity contribution in [1.82, 2.24) is 0 Å². The molecule has 0 aliphatic rings. The Balaban J connectivity index is 2.15. The molecule has 0 radical (unpaired) electrons. The number of para-hydroxylation sites is 1. The Morgan fingerprint density at radius 2 is 1.78 bits per heavy atom. The number of Topliss-reactive ketones (excluding diaryl/α,β-unsaturated/α-hetero) is 1. The molecule has 6 nitrogen and oxygen atoms in total. The highest BCUT2D eigenvalue weighted by Gasteiger charge is 2.24. The van der Waals surface area contributed by atoms with Crippen molar-refractivity contribution in [3.63, 3.8) is 0 Å². The van der Waals surface area contributed by atoms with Gasteiger partial charge in [-0.25, -0.2) is 9.18 Å². The minimum atomic E-state index is -1.01. The predicted octanol–water partition coefficient (Wildman–Crippen LogP) is 3.08. The average Bonchev–Trinajstić information content (AvgIpc) is 2.52. The van der Waals surface area contributed by atoms with E-state index in [0.29, 0.717) is 5.56 Å². The zero-order valence-electron chi connectivity index (χ0n) is 12.1. The Labute approximate surface area is 130 Å². The first-order valence-corrected chi connectivity index (χ1v) is 6.60. The number of nitro groups is 1. The van der Waals surface area contributed by atoms with Gasteiger partial charge in [-0.15, -0.1) is 0 Å². The highest BCUT2D eigenvalue weighted by Crippen LogP contribution is 2.23. The van der Waals surface area contributed by atoms with Crippen LogP contribution in [0.4, 0.5) is 10.1 Å². The van der Waals surface area contributed by atoms with Gasteiger partial charge in [-0.1, -0.05) is 24.3 Å². The second-order valence-corrected chi connectivity index (χ2v) is 4.71. The summed E-state index contributed by atoms with van der Waals surface area (Å²) in [7, 11) is 0. The Kier molecular flexibility index (Phi) is 4.80. The number of ketones is 1. The van der Waals surface area contributed by atoms with Crippen molar-refractivity contribution in [3.05, 3.63) is 75.1 Å². The number of nitrogens with zero attached hydrogens (tertiary/aromatic N) is 1. The van der Waals surface area contributed by atoms with E-state index in [1.165, 1.54) is 43.3 Å². The third kappa shape index (κ3) is 3.57. The summed E-state index contributed by atoms with van der Waals surface area (Å²) < 4.78 is 18.2. The van der Waals surface area contributed by atoms with E-state index in [2.05, 4.69) is 0 Å². The molecule has 0 aliphatic heterocycles. The summed E-state index contributed by atoms with van der Waals surface area (Å²) in [6.07, 6.45) is 0. The van der Waals surface area contributed by atoms with Gasteiger partial charge in [-0.05, 0) is 25.1 Å². The number of hydrogen-bond acceptors (Lipinski definition) is 5. The number of benzene rings is 2. The van der Waals surface area contributed by atoms with E-state index >= 15 is 0 Å². The van der Waals surface area contributed by atoms with Gasteiger partial charge in [0.25, 0.3) is 5.69 Å². The van der Waals surface area contributed by atoms with Gasteiger partial charge in [-0.3, -0.25) is 14.9 Å². The fraction of sp³-hybridized carbons (Fsp3) is 0.125. The van der Waals surface area contributed by atoms with Crippen LogP contribution in [0.5, 0.6) is 0 Å². The quantitative estimate of drug-likeness (QED) is 0.366. The molecule has 0 heterocycles. The fourth-order valence-electron chi connectivity index (χ4n) is 2.04. The van der Waals surface area contributed by atoms with Crippen molar-refractivity contribution in [1.29, 1.82) is 0 Å². The summed E-state index contributed by atoms with van der Waals surface area (Å²) >= 11 is 0. The molecule has 7 heteroatoms. The number of rotatable bonds is 5. The zero-order valence-corrected chi connectivity index (χ0v) is 12.1. The van der Waals surface area contributed by atoms with Gasteiger partial charge >= 0.3 is 5.97 Å². The lowest BCUT2D eigenvalue weighted by atomic mass is 10.1. The van der Waals surface area contributed by atoms with Crippen molar-refractivity contribution in [2.24, 2.45) is 0 Å². The van der Waals surface area contributed by atoms with Crippen LogP contribution in [0.1, 0.15) is 26.3 Å². The number of hydrogen-bond donors (Lipinski definition) is 0. The highest BCUT2D eigenvalue weighted by molar-refractivity contribution is 6.00. The van der Waals surface area contributed by atoms with Gasteiger partial charge in [-0.2, -0.15) is 0 Å². The van der Waals surface area contributed by atoms with Crippen LogP contribution in [0.25, 0.3) is 0 Å². The number of esters is 1. The lowest BCUT2D eigenvalue weighted by Gasteiger charge is -2.06. The summed E-state index contributed by atoms with van der Waals surface area (Å²) in [5, 5.41) is 11.0. The zero-order chi connectivity index (χ0) is 17.0. The van der Waals surface area contributed by atoms with Crippen LogP contribution in [0, 0.1) is 22.9 Å². The molecule has 2 aromatic rings. The maximum absolute atomic E-state index is 13.5. The van der Waals surface area contributed by atoms with Gasteiger partial charge in [0.05, 0.1) is 10.5 Å². The van der Waals surface area contributed by atoms with Crippen molar-refractivity contribution < 1.29 is 23.6 Å². The molecule has 0 fully saturated rings. The summed E-state index contributed by atoms with van der Waals surface area (Å²) in [6, 6.07) is 9.47. The SMILES string of the molecule is Cc1cccc(C(=O)OCC(=O)c2ccccc2F)c1[N+](=O)[O-]. The third-order valence-electron chi connectivity index (χ3n) is 3.15. The van der Waals surface area contributed by atoms with E-state index < -0.39 is 29.1 Å². The van der Waals surface area contributed by atoms with Crippen LogP contribution in [0.15, 0.2) is 42.5 Å². The van der Waals surface area contributed by atoms with E-state index in [1.54, 1.807) is 0 Å². The Morgan fingerprint density at radius 3 is 2.43 bits per heavy atom. The summed E-state index contributed by atoms with van der Waals surface area (Å²) in [5.41, 5.74) is -0.545. The number of nitro benzene ring substituents is 1. The molecule has 0 saturated carbocycles. The maximum atomic E-state index is 13.5. The minimum Gasteiger partial charge on any atom is -0.454 e. The van der Waals surface area contributed by atoms with Crippen LogP contribution in [-0.2, 0) is 4.74 Å². The minimum absolute atomic E-state index is 0.209. The molecule has 0 N–H and O–H groups in total. The molecule has 0 aromatic heterocycles. The van der Waals surface area contributed by atoms with Crippen LogP contribution in [0.2, 0.25) is 0 Å². The molecule has 0 aliphatic carbocycles. The fourth-order valence-corrected chi connectivity index (χ4v) is 2.04. The highest BCUT2D eigenvalue weighted by atomic mass is 19.1. The van der Waals surface area contributed by atoms with Crippen LogP contribution < -0.4 is 0 Å². The third-order valence-corrected chi connectivity index (χ3v) is 3.15. The molecule has 0 bridgehead atoms. The predicted molar refractivity (Wildman–Crippen MR) is 78.8 cm³/mol. The maximum Gasteiger partial charge on any atom is 0.345 e. The first kappa shape index (κ1) is 16.3. The number of ether oxygens (including phenoxy) is 1. The second kappa shape index (κ2) is 6.78. The Morgan fingerprint density at radius 1 is 1.13 bits per heavy atom. The number of carbonyl (C=O) groups is 2. The van der Waals surface area contributed by atoms with Gasteiger partial charge < -0.3 is 4.74 Å².